The Morgan fingerprint density at radius 2 is 2.06 bits per heavy atom. The third-order valence-corrected chi connectivity index (χ3v) is 6.28. The van der Waals surface area contributed by atoms with Gasteiger partial charge in [-0.05, 0) is 59.9 Å². The molecule has 1 aliphatic rings. The van der Waals surface area contributed by atoms with Crippen molar-refractivity contribution in [3.05, 3.63) is 65.0 Å². The average molecular weight is 420 g/mol. The monoisotopic (exact) mass is 419 g/mol. The van der Waals surface area contributed by atoms with Gasteiger partial charge in [0.15, 0.2) is 5.82 Å². The number of aryl methyl sites for hydroxylation is 1. The van der Waals surface area contributed by atoms with E-state index in [9.17, 15) is 9.90 Å². The van der Waals surface area contributed by atoms with Gasteiger partial charge < -0.3 is 10.8 Å². The topological polar surface area (TPSA) is 118 Å². The predicted molar refractivity (Wildman–Crippen MR) is 119 cm³/mol. The molecule has 1 unspecified atom stereocenters. The minimum atomic E-state index is -0.819. The summed E-state index contributed by atoms with van der Waals surface area (Å²) in [5.74, 6) is -1.26. The van der Waals surface area contributed by atoms with Gasteiger partial charge >= 0.3 is 5.97 Å². The summed E-state index contributed by atoms with van der Waals surface area (Å²) in [7, 11) is 0. The zero-order valence-electron chi connectivity index (χ0n) is 17.8. The zero-order valence-corrected chi connectivity index (χ0v) is 17.8. The quantitative estimate of drug-likeness (QED) is 0.514. The summed E-state index contributed by atoms with van der Waals surface area (Å²) < 4.78 is 0. The second kappa shape index (κ2) is 9.39. The van der Waals surface area contributed by atoms with E-state index in [1.807, 2.05) is 19.1 Å². The molecule has 31 heavy (non-hydrogen) atoms. The standard InChI is InChI=1S/C24H29N5O2/c1-2-4-21(24(30)31)22(23-26-28-29-27-23)12-15-5-3-6-16(11-15)17-7-8-19-14-20(25)10-9-18(19)13-17/h3,5-8,11,13,20-22H,2,4,9-10,12,14,25H2,1H3,(H,30,31)(H,26,27,28,29)/t20?,21-,22-/m0/s1. The molecule has 0 amide bonds. The second-order valence-corrected chi connectivity index (χ2v) is 8.50. The molecule has 1 aromatic heterocycles. The Labute approximate surface area is 182 Å². The molecule has 0 saturated heterocycles. The fourth-order valence-electron chi connectivity index (χ4n) is 4.64. The van der Waals surface area contributed by atoms with Crippen LogP contribution in [-0.4, -0.2) is 37.7 Å². The van der Waals surface area contributed by atoms with E-state index < -0.39 is 11.9 Å². The first-order valence-electron chi connectivity index (χ1n) is 11.0. The van der Waals surface area contributed by atoms with Gasteiger partial charge in [-0.2, -0.15) is 5.21 Å². The lowest BCUT2D eigenvalue weighted by atomic mass is 9.82. The minimum absolute atomic E-state index is 0.258. The summed E-state index contributed by atoms with van der Waals surface area (Å²) in [5.41, 5.74) is 12.2. The summed E-state index contributed by atoms with van der Waals surface area (Å²) in [6.07, 6.45) is 4.88. The molecule has 2 aromatic carbocycles. The smallest absolute Gasteiger partial charge is 0.307 e. The Balaban J connectivity index is 1.62. The lowest BCUT2D eigenvalue weighted by Crippen LogP contribution is -2.27. The summed E-state index contributed by atoms with van der Waals surface area (Å²) in [5, 5.41) is 24.2. The normalized spacial score (nSPS) is 17.7. The highest BCUT2D eigenvalue weighted by Crippen LogP contribution is 2.32. The maximum absolute atomic E-state index is 12.0. The zero-order chi connectivity index (χ0) is 21.8. The number of aliphatic carboxylic acids is 1. The molecule has 7 heteroatoms. The van der Waals surface area contributed by atoms with Crippen LogP contribution in [0.5, 0.6) is 0 Å². The van der Waals surface area contributed by atoms with Gasteiger partial charge in [0.05, 0.1) is 5.92 Å². The van der Waals surface area contributed by atoms with Crippen molar-refractivity contribution in [3.8, 4) is 11.1 Å². The first-order valence-corrected chi connectivity index (χ1v) is 11.0. The van der Waals surface area contributed by atoms with E-state index in [1.165, 1.54) is 16.7 Å². The number of aromatic amines is 1. The number of nitrogens with two attached hydrogens (primary N) is 1. The largest absolute Gasteiger partial charge is 0.481 e. The van der Waals surface area contributed by atoms with Crippen molar-refractivity contribution in [3.63, 3.8) is 0 Å². The van der Waals surface area contributed by atoms with Crippen LogP contribution >= 0.6 is 0 Å². The van der Waals surface area contributed by atoms with Crippen molar-refractivity contribution in [2.24, 2.45) is 11.7 Å². The molecule has 3 aromatic rings. The molecule has 162 valence electrons. The second-order valence-electron chi connectivity index (χ2n) is 8.50. The van der Waals surface area contributed by atoms with Crippen molar-refractivity contribution >= 4 is 5.97 Å². The molecular formula is C24H29N5O2. The van der Waals surface area contributed by atoms with Crippen molar-refractivity contribution in [2.75, 3.05) is 0 Å². The Morgan fingerprint density at radius 3 is 2.81 bits per heavy atom. The van der Waals surface area contributed by atoms with Gasteiger partial charge in [-0.15, -0.1) is 10.2 Å². The molecule has 4 rings (SSSR count). The van der Waals surface area contributed by atoms with Gasteiger partial charge in [0.25, 0.3) is 0 Å². The van der Waals surface area contributed by atoms with Crippen LogP contribution in [0.2, 0.25) is 0 Å². The Hall–Kier alpha value is -3.06. The highest BCUT2D eigenvalue weighted by atomic mass is 16.4. The number of hydrogen-bond donors (Lipinski definition) is 3. The van der Waals surface area contributed by atoms with E-state index in [-0.39, 0.29) is 12.0 Å². The molecular weight excluding hydrogens is 390 g/mol. The molecule has 0 spiro atoms. The number of rotatable bonds is 8. The van der Waals surface area contributed by atoms with Crippen LogP contribution in [0, 0.1) is 5.92 Å². The fraction of sp³-hybridized carbons (Fsp3) is 0.417. The predicted octanol–water partition coefficient (Wildman–Crippen LogP) is 3.51. The van der Waals surface area contributed by atoms with Gasteiger partial charge in [0.1, 0.15) is 0 Å². The number of carboxylic acid groups (broad SMARTS) is 1. The van der Waals surface area contributed by atoms with Crippen LogP contribution in [0.1, 0.15) is 54.6 Å². The van der Waals surface area contributed by atoms with Crippen LogP contribution in [0.15, 0.2) is 42.5 Å². The summed E-state index contributed by atoms with van der Waals surface area (Å²) in [6.45, 7) is 1.99. The van der Waals surface area contributed by atoms with E-state index in [1.54, 1.807) is 0 Å². The number of benzene rings is 2. The molecule has 1 aliphatic carbocycles. The van der Waals surface area contributed by atoms with Gasteiger partial charge in [-0.1, -0.05) is 61.0 Å². The van der Waals surface area contributed by atoms with Crippen molar-refractivity contribution in [2.45, 2.75) is 57.4 Å². The highest BCUT2D eigenvalue weighted by Gasteiger charge is 2.32. The lowest BCUT2D eigenvalue weighted by Gasteiger charge is -2.22. The van der Waals surface area contributed by atoms with Crippen LogP contribution in [-0.2, 0) is 24.1 Å². The number of nitrogens with one attached hydrogen (secondary N) is 1. The first-order chi connectivity index (χ1) is 15.0. The molecule has 0 aliphatic heterocycles. The number of H-pyrrole nitrogens is 1. The number of carbonyl (C=O) groups is 1. The van der Waals surface area contributed by atoms with Crippen molar-refractivity contribution in [1.29, 1.82) is 0 Å². The van der Waals surface area contributed by atoms with E-state index in [4.69, 9.17) is 5.73 Å². The number of tetrazole rings is 1. The summed E-state index contributed by atoms with van der Waals surface area (Å²) >= 11 is 0. The third kappa shape index (κ3) is 4.82. The Kier molecular flexibility index (Phi) is 6.42. The molecule has 3 atom stereocenters. The highest BCUT2D eigenvalue weighted by molar-refractivity contribution is 5.71. The number of aromatic nitrogens is 4. The molecule has 7 nitrogen and oxygen atoms in total. The SMILES string of the molecule is CCC[C@H](C(=O)O)[C@H](Cc1cccc(-c2ccc3c(c2)CCC(N)C3)c1)c1nn[nH]n1. The number of fused-ring (bicyclic) bond motifs is 1. The van der Waals surface area contributed by atoms with Crippen LogP contribution in [0.25, 0.3) is 11.1 Å². The van der Waals surface area contributed by atoms with Crippen molar-refractivity contribution < 1.29 is 9.90 Å². The van der Waals surface area contributed by atoms with E-state index in [0.29, 0.717) is 18.7 Å². The van der Waals surface area contributed by atoms with Gasteiger partial charge in [0, 0.05) is 12.0 Å². The summed E-state index contributed by atoms with van der Waals surface area (Å²) in [4.78, 5) is 12.0. The number of nitrogens with zero attached hydrogens (tertiary/aromatic N) is 3. The third-order valence-electron chi connectivity index (χ3n) is 6.28. The van der Waals surface area contributed by atoms with Crippen LogP contribution in [0.4, 0.5) is 0 Å². The summed E-state index contributed by atoms with van der Waals surface area (Å²) in [6, 6.07) is 15.2. The van der Waals surface area contributed by atoms with E-state index in [0.717, 1.165) is 36.8 Å². The number of hydrogen-bond acceptors (Lipinski definition) is 5. The lowest BCUT2D eigenvalue weighted by molar-refractivity contribution is -0.142. The molecule has 4 N–H and O–H groups in total. The van der Waals surface area contributed by atoms with Gasteiger partial charge in [-0.3, -0.25) is 4.79 Å². The maximum Gasteiger partial charge on any atom is 0.307 e. The maximum atomic E-state index is 12.0. The first kappa shape index (κ1) is 21.2. The van der Waals surface area contributed by atoms with Gasteiger partial charge in [-0.25, -0.2) is 0 Å². The van der Waals surface area contributed by atoms with Crippen molar-refractivity contribution in [1.82, 2.24) is 20.6 Å². The fourth-order valence-corrected chi connectivity index (χ4v) is 4.64. The molecule has 0 radical (unpaired) electrons. The Morgan fingerprint density at radius 1 is 1.23 bits per heavy atom. The molecule has 0 bridgehead atoms. The van der Waals surface area contributed by atoms with Crippen LogP contribution < -0.4 is 5.73 Å². The van der Waals surface area contributed by atoms with Gasteiger partial charge in [0.2, 0.25) is 0 Å². The Bertz CT molecular complexity index is 1030. The minimum Gasteiger partial charge on any atom is -0.481 e. The molecule has 1 heterocycles. The number of carboxylic acids is 1. The average Bonchev–Trinajstić information content (AvgIpc) is 3.30. The van der Waals surface area contributed by atoms with E-state index >= 15 is 0 Å². The molecule has 0 saturated carbocycles. The molecule has 0 fully saturated rings. The van der Waals surface area contributed by atoms with E-state index in [2.05, 4.69) is 51.0 Å². The van der Waals surface area contributed by atoms with Crippen LogP contribution in [0.3, 0.4) is 0 Å².